The van der Waals surface area contributed by atoms with Crippen molar-refractivity contribution in [1.29, 1.82) is 0 Å². The number of methoxy groups -OCH3 is 1. The van der Waals surface area contributed by atoms with Crippen molar-refractivity contribution in [3.05, 3.63) is 59.9 Å². The largest absolute Gasteiger partial charge is 0.497 e. The number of guanidine groups is 1. The summed E-state index contributed by atoms with van der Waals surface area (Å²) in [5, 5.41) is 6.83. The molecule has 0 spiro atoms. The van der Waals surface area contributed by atoms with Crippen molar-refractivity contribution in [1.82, 2.24) is 20.5 Å². The molecule has 1 unspecified atom stereocenters. The summed E-state index contributed by atoms with van der Waals surface area (Å²) in [6, 6.07) is 14.4. The number of aliphatic imine (C=N–C) groups is 1. The number of aromatic nitrogens is 1. The summed E-state index contributed by atoms with van der Waals surface area (Å²) in [5.74, 6) is 1.68. The van der Waals surface area contributed by atoms with Gasteiger partial charge in [0.25, 0.3) is 0 Å². The molecule has 0 aliphatic rings. The molecule has 29 heavy (non-hydrogen) atoms. The highest BCUT2D eigenvalue weighted by Crippen LogP contribution is 2.23. The number of nitrogens with zero attached hydrogens (tertiary/aromatic N) is 3. The third kappa shape index (κ3) is 8.18. The number of likely N-dealkylation sites (N-methyl/N-ethyl adjacent to an activating group) is 1. The van der Waals surface area contributed by atoms with Crippen LogP contribution in [0.3, 0.4) is 0 Å². The normalized spacial score (nSPS) is 12.2. The first-order valence-corrected chi connectivity index (χ1v) is 10.0. The lowest BCUT2D eigenvalue weighted by Gasteiger charge is -2.31. The van der Waals surface area contributed by atoms with Gasteiger partial charge in [0, 0.05) is 19.3 Å². The summed E-state index contributed by atoms with van der Waals surface area (Å²) in [7, 11) is 1.71. The smallest absolute Gasteiger partial charge is 0.191 e. The molecule has 0 bridgehead atoms. The van der Waals surface area contributed by atoms with Gasteiger partial charge in [-0.2, -0.15) is 0 Å². The molecular formula is C22H34IN5O. The van der Waals surface area contributed by atoms with Crippen LogP contribution in [0.4, 0.5) is 0 Å². The molecule has 160 valence electrons. The first kappa shape index (κ1) is 25.2. The van der Waals surface area contributed by atoms with Crippen molar-refractivity contribution >= 4 is 29.9 Å². The van der Waals surface area contributed by atoms with E-state index in [9.17, 15) is 0 Å². The standard InChI is InChI=1S/C22H33N5O.HI/c1-5-23-22(25-16-19-12-8-9-14-24-19)26-17-21(27(6-2)7-3)18-11-10-13-20(15-18)28-4;/h8-15,21H,5-7,16-17H2,1-4H3,(H2,23,25,26);1H. The van der Waals surface area contributed by atoms with Crippen LogP contribution in [0, 0.1) is 0 Å². The lowest BCUT2D eigenvalue weighted by atomic mass is 10.0. The van der Waals surface area contributed by atoms with Crippen molar-refractivity contribution in [3.63, 3.8) is 0 Å². The summed E-state index contributed by atoms with van der Waals surface area (Å²) >= 11 is 0. The summed E-state index contributed by atoms with van der Waals surface area (Å²) < 4.78 is 5.42. The van der Waals surface area contributed by atoms with Crippen molar-refractivity contribution in [2.45, 2.75) is 33.4 Å². The van der Waals surface area contributed by atoms with E-state index in [4.69, 9.17) is 4.74 Å². The summed E-state index contributed by atoms with van der Waals surface area (Å²) in [6.07, 6.45) is 1.80. The number of hydrogen-bond acceptors (Lipinski definition) is 4. The maximum atomic E-state index is 5.42. The monoisotopic (exact) mass is 511 g/mol. The first-order valence-electron chi connectivity index (χ1n) is 10.0. The number of benzene rings is 1. The quantitative estimate of drug-likeness (QED) is 0.289. The predicted octanol–water partition coefficient (Wildman–Crippen LogP) is 3.85. The molecule has 6 nitrogen and oxygen atoms in total. The number of nitrogens with one attached hydrogen (secondary N) is 2. The molecule has 0 saturated heterocycles. The molecule has 1 aromatic heterocycles. The maximum Gasteiger partial charge on any atom is 0.191 e. The molecule has 0 saturated carbocycles. The highest BCUT2D eigenvalue weighted by Gasteiger charge is 2.19. The maximum absolute atomic E-state index is 5.42. The lowest BCUT2D eigenvalue weighted by Crippen LogP contribution is -2.43. The number of pyridine rings is 1. The third-order valence-corrected chi connectivity index (χ3v) is 4.66. The van der Waals surface area contributed by atoms with Gasteiger partial charge in [-0.15, -0.1) is 24.0 Å². The van der Waals surface area contributed by atoms with Gasteiger partial charge in [-0.3, -0.25) is 9.88 Å². The molecule has 7 heteroatoms. The van der Waals surface area contributed by atoms with Crippen LogP contribution in [0.2, 0.25) is 0 Å². The number of hydrogen-bond donors (Lipinski definition) is 2. The molecule has 0 aliphatic carbocycles. The molecule has 1 atom stereocenters. The van der Waals surface area contributed by atoms with Crippen LogP contribution in [0.5, 0.6) is 5.75 Å². The average Bonchev–Trinajstić information content (AvgIpc) is 2.75. The van der Waals surface area contributed by atoms with Gasteiger partial charge in [0.2, 0.25) is 0 Å². The molecule has 2 N–H and O–H groups in total. The van der Waals surface area contributed by atoms with Gasteiger partial charge in [-0.05, 0) is 49.8 Å². The lowest BCUT2D eigenvalue weighted by molar-refractivity contribution is 0.218. The van der Waals surface area contributed by atoms with Gasteiger partial charge >= 0.3 is 0 Å². The zero-order valence-electron chi connectivity index (χ0n) is 17.9. The predicted molar refractivity (Wildman–Crippen MR) is 131 cm³/mol. The fourth-order valence-electron chi connectivity index (χ4n) is 3.16. The SMILES string of the molecule is CCNC(=NCc1ccccn1)NCC(c1cccc(OC)c1)N(CC)CC.I. The molecule has 0 radical (unpaired) electrons. The van der Waals surface area contributed by atoms with Crippen LogP contribution in [-0.2, 0) is 6.54 Å². The zero-order valence-corrected chi connectivity index (χ0v) is 20.2. The Labute approximate surface area is 192 Å². The van der Waals surface area contributed by atoms with E-state index in [0.717, 1.165) is 43.6 Å². The zero-order chi connectivity index (χ0) is 20.2. The van der Waals surface area contributed by atoms with Crippen molar-refractivity contribution < 1.29 is 4.74 Å². The second kappa shape index (κ2) is 14.2. The minimum Gasteiger partial charge on any atom is -0.497 e. The average molecular weight is 511 g/mol. The van der Waals surface area contributed by atoms with E-state index in [2.05, 4.69) is 58.4 Å². The van der Waals surface area contributed by atoms with E-state index in [1.165, 1.54) is 5.56 Å². The second-order valence-electron chi connectivity index (χ2n) is 6.41. The van der Waals surface area contributed by atoms with E-state index in [0.29, 0.717) is 6.54 Å². The number of halogens is 1. The fourth-order valence-corrected chi connectivity index (χ4v) is 3.16. The highest BCUT2D eigenvalue weighted by atomic mass is 127. The van der Waals surface area contributed by atoms with Crippen LogP contribution in [0.15, 0.2) is 53.7 Å². The number of rotatable bonds is 10. The van der Waals surface area contributed by atoms with E-state index < -0.39 is 0 Å². The molecule has 2 aromatic rings. The van der Waals surface area contributed by atoms with Gasteiger partial charge in [-0.25, -0.2) is 4.99 Å². The third-order valence-electron chi connectivity index (χ3n) is 4.66. The van der Waals surface area contributed by atoms with Gasteiger partial charge < -0.3 is 15.4 Å². The van der Waals surface area contributed by atoms with Crippen molar-refractivity contribution in [2.75, 3.05) is 33.3 Å². The van der Waals surface area contributed by atoms with Gasteiger partial charge in [0.15, 0.2) is 5.96 Å². The molecular weight excluding hydrogens is 477 g/mol. The van der Waals surface area contributed by atoms with Gasteiger partial charge in [0.05, 0.1) is 25.4 Å². The molecule has 1 aromatic carbocycles. The van der Waals surface area contributed by atoms with Crippen molar-refractivity contribution in [2.24, 2.45) is 4.99 Å². The molecule has 0 aliphatic heterocycles. The Balaban J connectivity index is 0.00000420. The topological polar surface area (TPSA) is 61.8 Å². The van der Waals surface area contributed by atoms with Crippen molar-refractivity contribution in [3.8, 4) is 5.75 Å². The second-order valence-corrected chi connectivity index (χ2v) is 6.41. The van der Waals surface area contributed by atoms with Gasteiger partial charge in [0.1, 0.15) is 5.75 Å². The van der Waals surface area contributed by atoms with Crippen LogP contribution in [0.1, 0.15) is 38.1 Å². The van der Waals surface area contributed by atoms with Crippen LogP contribution < -0.4 is 15.4 Å². The van der Waals surface area contributed by atoms with E-state index in [1.807, 2.05) is 30.3 Å². The highest BCUT2D eigenvalue weighted by molar-refractivity contribution is 14.0. The Morgan fingerprint density at radius 2 is 1.90 bits per heavy atom. The van der Waals surface area contributed by atoms with E-state index in [-0.39, 0.29) is 30.0 Å². The van der Waals surface area contributed by atoms with Gasteiger partial charge in [-0.1, -0.05) is 32.0 Å². The Morgan fingerprint density at radius 1 is 1.10 bits per heavy atom. The molecule has 0 fully saturated rings. The van der Waals surface area contributed by atoms with Crippen LogP contribution >= 0.6 is 24.0 Å². The molecule has 2 rings (SSSR count). The first-order chi connectivity index (χ1) is 13.7. The van der Waals surface area contributed by atoms with Crippen LogP contribution in [0.25, 0.3) is 0 Å². The summed E-state index contributed by atoms with van der Waals surface area (Å²) in [5.41, 5.74) is 2.18. The minimum atomic E-state index is 0. The summed E-state index contributed by atoms with van der Waals surface area (Å²) in [4.78, 5) is 11.5. The van der Waals surface area contributed by atoms with Crippen LogP contribution in [-0.4, -0.2) is 49.1 Å². The molecule has 0 amide bonds. The number of ether oxygens (including phenoxy) is 1. The Hall–Kier alpha value is -1.87. The molecule has 1 heterocycles. The minimum absolute atomic E-state index is 0. The Morgan fingerprint density at radius 3 is 2.52 bits per heavy atom. The fraction of sp³-hybridized carbons (Fsp3) is 0.455. The van der Waals surface area contributed by atoms with E-state index >= 15 is 0 Å². The van der Waals surface area contributed by atoms with E-state index in [1.54, 1.807) is 13.3 Å². The Kier molecular flexibility index (Phi) is 12.3. The summed E-state index contributed by atoms with van der Waals surface area (Å²) in [6.45, 7) is 10.5. The Bertz CT molecular complexity index is 722.